The van der Waals surface area contributed by atoms with Gasteiger partial charge in [0.15, 0.2) is 0 Å². The maximum absolute atomic E-state index is 9.41. The Labute approximate surface area is 59.8 Å². The number of hydrogen-bond acceptors (Lipinski definition) is 4. The molecule has 0 aromatic heterocycles. The van der Waals surface area contributed by atoms with Crippen molar-refractivity contribution >= 4 is 20.1 Å². The van der Waals surface area contributed by atoms with Crippen LogP contribution in [0.4, 0.5) is 0 Å². The van der Waals surface area contributed by atoms with E-state index in [4.69, 9.17) is 4.55 Å². The molecule has 0 unspecified atom stereocenters. The summed E-state index contributed by atoms with van der Waals surface area (Å²) in [6.45, 7) is 0. The zero-order valence-electron chi connectivity index (χ0n) is 5.47. The molecule has 8 heteroatoms. The quantitative estimate of drug-likeness (QED) is 0.448. The molecule has 0 atom stereocenters. The second-order valence-electron chi connectivity index (χ2n) is 1.56. The highest BCUT2D eigenvalue weighted by Gasteiger charge is 1.81. The topological polar surface area (TPSA) is 115 Å². The minimum Gasteiger partial charge on any atom is -0.286 e. The van der Waals surface area contributed by atoms with E-state index in [1.54, 1.807) is 0 Å². The fourth-order valence-corrected chi connectivity index (χ4v) is 0. The molecule has 0 aromatic carbocycles. The van der Waals surface area contributed by atoms with E-state index in [0.717, 1.165) is 6.26 Å². The zero-order valence-corrected chi connectivity index (χ0v) is 7.11. The van der Waals surface area contributed by atoms with Crippen LogP contribution in [0.2, 0.25) is 0 Å². The van der Waals surface area contributed by atoms with Gasteiger partial charge >= 0.3 is 0 Å². The van der Waals surface area contributed by atoms with Crippen molar-refractivity contribution in [2.24, 2.45) is 5.14 Å². The van der Waals surface area contributed by atoms with Gasteiger partial charge in [-0.05, 0) is 0 Å². The molecule has 0 spiro atoms. The summed E-state index contributed by atoms with van der Waals surface area (Å²) in [6.07, 6.45) is 1.65. The van der Waals surface area contributed by atoms with Gasteiger partial charge in [0.25, 0.3) is 10.1 Å². The van der Waals surface area contributed by atoms with Gasteiger partial charge in [-0.25, -0.2) is 13.6 Å². The van der Waals surface area contributed by atoms with E-state index in [9.17, 15) is 16.8 Å². The first kappa shape index (κ1) is 12.5. The van der Waals surface area contributed by atoms with Gasteiger partial charge in [-0.3, -0.25) is 4.55 Å². The van der Waals surface area contributed by atoms with Gasteiger partial charge in [-0.2, -0.15) is 8.42 Å². The molecule has 6 nitrogen and oxygen atoms in total. The minimum atomic E-state index is -3.67. The highest BCUT2D eigenvalue weighted by atomic mass is 32.2. The molecule has 0 aromatic rings. The van der Waals surface area contributed by atoms with Gasteiger partial charge in [0.05, 0.1) is 12.5 Å². The second kappa shape index (κ2) is 3.86. The first-order valence-electron chi connectivity index (χ1n) is 1.90. The fraction of sp³-hybridized carbons (Fsp3) is 1.00. The molecule has 0 aliphatic rings. The summed E-state index contributed by atoms with van der Waals surface area (Å²) in [5.41, 5.74) is 0. The third-order valence-corrected chi connectivity index (χ3v) is 0. The Bertz CT molecular complexity index is 214. The van der Waals surface area contributed by atoms with E-state index in [1.165, 1.54) is 0 Å². The molecule has 0 aliphatic carbocycles. The predicted octanol–water partition coefficient (Wildman–Crippen LogP) is -1.59. The van der Waals surface area contributed by atoms with Crippen LogP contribution in [0.3, 0.4) is 0 Å². The fourth-order valence-electron chi connectivity index (χ4n) is 0. The number of primary sulfonamides is 1. The Morgan fingerprint density at radius 3 is 1.10 bits per heavy atom. The monoisotopic (exact) mass is 191 g/mol. The smallest absolute Gasteiger partial charge is 0.261 e. The van der Waals surface area contributed by atoms with Gasteiger partial charge in [-0.1, -0.05) is 0 Å². The van der Waals surface area contributed by atoms with Crippen LogP contribution in [0.5, 0.6) is 0 Å². The highest BCUT2D eigenvalue weighted by Crippen LogP contribution is 1.60. The Morgan fingerprint density at radius 1 is 1.10 bits per heavy atom. The first-order chi connectivity index (χ1) is 4.00. The van der Waals surface area contributed by atoms with Crippen LogP contribution in [0.1, 0.15) is 0 Å². The lowest BCUT2D eigenvalue weighted by Gasteiger charge is -1.71. The lowest BCUT2D eigenvalue weighted by Crippen LogP contribution is -2.07. The molecule has 0 fully saturated rings. The van der Waals surface area contributed by atoms with Crippen molar-refractivity contribution in [1.82, 2.24) is 0 Å². The lowest BCUT2D eigenvalue weighted by atomic mass is 12.0. The maximum Gasteiger partial charge on any atom is 0.261 e. The predicted molar refractivity (Wildman–Crippen MR) is 36.5 cm³/mol. The van der Waals surface area contributed by atoms with Crippen molar-refractivity contribution in [2.75, 3.05) is 12.5 Å². The zero-order chi connectivity index (χ0) is 9.00. The average Bonchev–Trinajstić information content (AvgIpc) is 1.12. The van der Waals surface area contributed by atoms with Crippen LogP contribution in [0.25, 0.3) is 0 Å². The number of hydrogen-bond donors (Lipinski definition) is 2. The Hall–Kier alpha value is -0.180. The van der Waals surface area contributed by atoms with Crippen LogP contribution >= 0.6 is 0 Å². The van der Waals surface area contributed by atoms with Gasteiger partial charge in [0.1, 0.15) is 0 Å². The number of sulfonamides is 1. The Balaban J connectivity index is 0. The normalized spacial score (nSPS) is 11.6. The van der Waals surface area contributed by atoms with Crippen molar-refractivity contribution in [3.05, 3.63) is 0 Å². The van der Waals surface area contributed by atoms with E-state index in [2.05, 4.69) is 5.14 Å². The third-order valence-electron chi connectivity index (χ3n) is 0. The van der Waals surface area contributed by atoms with Crippen molar-refractivity contribution in [1.29, 1.82) is 0 Å². The molecule has 0 rings (SSSR count). The maximum atomic E-state index is 9.41. The summed E-state index contributed by atoms with van der Waals surface area (Å²) in [5, 5.41) is 4.33. The molecular weight excluding hydrogens is 182 g/mol. The molecular formula is C2H9NO5S2. The van der Waals surface area contributed by atoms with E-state index in [0.29, 0.717) is 6.26 Å². The summed E-state index contributed by atoms with van der Waals surface area (Å²) < 4.78 is 44.7. The molecule has 0 heterocycles. The molecule has 0 aliphatic heterocycles. The summed E-state index contributed by atoms with van der Waals surface area (Å²) in [4.78, 5) is 0. The van der Waals surface area contributed by atoms with Crippen molar-refractivity contribution in [2.45, 2.75) is 0 Å². The molecule has 10 heavy (non-hydrogen) atoms. The van der Waals surface area contributed by atoms with Crippen LogP contribution in [-0.2, 0) is 20.1 Å². The summed E-state index contributed by atoms with van der Waals surface area (Å²) in [6, 6.07) is 0. The summed E-state index contributed by atoms with van der Waals surface area (Å²) in [5.74, 6) is 0. The molecule has 0 bridgehead atoms. The molecule has 0 saturated heterocycles. The van der Waals surface area contributed by atoms with E-state index in [-0.39, 0.29) is 0 Å². The largest absolute Gasteiger partial charge is 0.286 e. The number of rotatable bonds is 0. The van der Waals surface area contributed by atoms with Gasteiger partial charge in [0.2, 0.25) is 10.0 Å². The lowest BCUT2D eigenvalue weighted by molar-refractivity contribution is 0.490. The van der Waals surface area contributed by atoms with Gasteiger partial charge in [0, 0.05) is 0 Å². The Morgan fingerprint density at radius 2 is 1.10 bits per heavy atom. The molecule has 0 saturated carbocycles. The van der Waals surface area contributed by atoms with E-state index >= 15 is 0 Å². The molecule has 64 valence electrons. The second-order valence-corrected chi connectivity index (χ2v) is 4.69. The molecule has 0 radical (unpaired) electrons. The van der Waals surface area contributed by atoms with Crippen LogP contribution in [-0.4, -0.2) is 33.9 Å². The van der Waals surface area contributed by atoms with E-state index < -0.39 is 20.1 Å². The number of nitrogens with two attached hydrogens (primary N) is 1. The summed E-state index contributed by atoms with van der Waals surface area (Å²) >= 11 is 0. The van der Waals surface area contributed by atoms with E-state index in [1.807, 2.05) is 0 Å². The highest BCUT2D eigenvalue weighted by molar-refractivity contribution is 7.88. The van der Waals surface area contributed by atoms with Crippen molar-refractivity contribution in [3.8, 4) is 0 Å². The minimum absolute atomic E-state index is 0.715. The van der Waals surface area contributed by atoms with Crippen molar-refractivity contribution in [3.63, 3.8) is 0 Å². The van der Waals surface area contributed by atoms with Gasteiger partial charge < -0.3 is 0 Å². The standard InChI is InChI=1S/CH5NO2S.CH4O3S/c2*1-5(2,3)4/h1H3,(H2,2,3,4);1H3,(H,2,3,4). The van der Waals surface area contributed by atoms with Crippen LogP contribution in [0, 0.1) is 0 Å². The Kier molecular flexibility index (Phi) is 4.82. The van der Waals surface area contributed by atoms with Crippen LogP contribution < -0.4 is 5.14 Å². The van der Waals surface area contributed by atoms with Gasteiger partial charge in [-0.15, -0.1) is 0 Å². The molecule has 0 amide bonds. The molecule has 3 N–H and O–H groups in total. The SMILES string of the molecule is CS(=O)(=O)O.CS(N)(=O)=O. The first-order valence-corrected chi connectivity index (χ1v) is 5.70. The van der Waals surface area contributed by atoms with Crippen molar-refractivity contribution < 1.29 is 21.4 Å². The third kappa shape index (κ3) is 11200. The summed E-state index contributed by atoms with van der Waals surface area (Å²) in [7, 11) is -6.83. The van der Waals surface area contributed by atoms with Crippen LogP contribution in [0.15, 0.2) is 0 Å². The average molecular weight is 191 g/mol.